The van der Waals surface area contributed by atoms with E-state index in [-0.39, 0.29) is 53.0 Å². The Morgan fingerprint density at radius 2 is 1.61 bits per heavy atom. The van der Waals surface area contributed by atoms with Gasteiger partial charge in [-0.15, -0.1) is 0 Å². The second-order valence-corrected chi connectivity index (χ2v) is 14.6. The summed E-state index contributed by atoms with van der Waals surface area (Å²) in [4.78, 5) is 83.3. The lowest BCUT2D eigenvalue weighted by molar-refractivity contribution is -0.392. The third-order valence-corrected chi connectivity index (χ3v) is 11.5. The van der Waals surface area contributed by atoms with Gasteiger partial charge in [-0.05, 0) is 68.5 Å². The van der Waals surface area contributed by atoms with Crippen LogP contribution < -0.4 is 19.4 Å². The van der Waals surface area contributed by atoms with Gasteiger partial charge in [-0.2, -0.15) is 0 Å². The number of ether oxygens (including phenoxy) is 1. The molecule has 4 amide bonds. The highest BCUT2D eigenvalue weighted by atomic mass is 35.5. The fourth-order valence-corrected chi connectivity index (χ4v) is 9.13. The number of anilines is 3. The smallest absolute Gasteiger partial charge is 0.301 e. The van der Waals surface area contributed by atoms with Gasteiger partial charge in [0, 0.05) is 32.1 Å². The number of nitro groups is 2. The molecule has 6 unspecified atom stereocenters. The minimum absolute atomic E-state index is 0.0185. The highest BCUT2D eigenvalue weighted by Gasteiger charge is 2.67. The molecular formula is C37H33ClFN5O10. The van der Waals surface area contributed by atoms with Crippen molar-refractivity contribution in [2.75, 3.05) is 35.4 Å². The molecule has 0 aromatic heterocycles. The molecule has 2 aliphatic carbocycles. The summed E-state index contributed by atoms with van der Waals surface area (Å²) in [5.74, 6) is -8.36. The zero-order chi connectivity index (χ0) is 39.1. The fraction of sp³-hybridized carbons (Fsp3) is 0.351. The van der Waals surface area contributed by atoms with E-state index in [1.165, 1.54) is 37.2 Å². The number of fused-ring (bicyclic) bond motifs is 4. The molecule has 7 rings (SSSR count). The normalized spacial score (nSPS) is 26.0. The Labute approximate surface area is 311 Å². The lowest BCUT2D eigenvalue weighted by atomic mass is 9.51. The topological polar surface area (TPSA) is 194 Å². The SMILES string of the molecule is CCOc1cc(C2C3=CCC4C(=O)N(c5cc([N+](=O)[O-])c(N(C)C)c([N+](=O)[O-])c5)C(=O)C4C3CC3C(=O)N(c4ccc(F)c(Cl)c4)C(=O)C32C)ccc1O. The van der Waals surface area contributed by atoms with E-state index >= 15 is 0 Å². The third-order valence-electron chi connectivity index (χ3n) is 11.2. The van der Waals surface area contributed by atoms with Gasteiger partial charge >= 0.3 is 11.4 Å². The Morgan fingerprint density at radius 3 is 2.20 bits per heavy atom. The lowest BCUT2D eigenvalue weighted by Gasteiger charge is -2.49. The number of carbonyl (C=O) groups excluding carboxylic acids is 4. The molecule has 2 aliphatic heterocycles. The number of carbonyl (C=O) groups is 4. The molecule has 15 nitrogen and oxygen atoms in total. The van der Waals surface area contributed by atoms with Gasteiger partial charge in [-0.3, -0.25) is 39.4 Å². The van der Waals surface area contributed by atoms with E-state index in [9.17, 15) is 48.9 Å². The van der Waals surface area contributed by atoms with Crippen molar-refractivity contribution < 1.29 is 43.3 Å². The maximum atomic E-state index is 14.7. The molecule has 0 spiro atoms. The van der Waals surface area contributed by atoms with Crippen LogP contribution in [0, 0.1) is 55.1 Å². The van der Waals surface area contributed by atoms with Gasteiger partial charge in [0.25, 0.3) is 0 Å². The quantitative estimate of drug-likeness (QED) is 0.124. The van der Waals surface area contributed by atoms with E-state index in [0.29, 0.717) is 11.1 Å². The standard InChI is InChI=1S/C37H33ClFN5O10/c1-5-54-29-12-17(6-11-28(29)45)31-20-8-9-21-30(22(20)16-23-34(47)42(36(49)37(23,31)2)18-7-10-25(39)24(38)13-18)35(48)41(33(21)46)19-14-26(43(50)51)32(40(3)4)27(15-19)44(52)53/h6-8,10-15,21-23,30-31,45H,5,9,16H2,1-4H3. The van der Waals surface area contributed by atoms with Crippen LogP contribution in [0.4, 0.5) is 32.8 Å². The molecule has 2 saturated heterocycles. The number of allylic oxidation sites excluding steroid dienone is 2. The van der Waals surface area contributed by atoms with E-state index in [4.69, 9.17) is 16.3 Å². The summed E-state index contributed by atoms with van der Waals surface area (Å²) in [5.41, 5.74) is -2.38. The molecule has 0 radical (unpaired) electrons. The Kier molecular flexibility index (Phi) is 8.71. The highest BCUT2D eigenvalue weighted by molar-refractivity contribution is 6.32. The molecule has 6 atom stereocenters. The van der Waals surface area contributed by atoms with Crippen molar-refractivity contribution in [3.8, 4) is 11.5 Å². The lowest BCUT2D eigenvalue weighted by Crippen LogP contribution is -2.48. The first kappa shape index (κ1) is 36.5. The van der Waals surface area contributed by atoms with Crippen LogP contribution in [0.2, 0.25) is 5.02 Å². The Bertz CT molecular complexity index is 2210. The largest absolute Gasteiger partial charge is 0.504 e. The molecular weight excluding hydrogens is 729 g/mol. The summed E-state index contributed by atoms with van der Waals surface area (Å²) in [6, 6.07) is 9.95. The number of imide groups is 2. The maximum absolute atomic E-state index is 14.7. The van der Waals surface area contributed by atoms with Crippen molar-refractivity contribution >= 4 is 63.7 Å². The molecule has 3 fully saturated rings. The average molecular weight is 762 g/mol. The Hall–Kier alpha value is -5.90. The summed E-state index contributed by atoms with van der Waals surface area (Å²) in [5, 5.41) is 34.5. The summed E-state index contributed by atoms with van der Waals surface area (Å²) < 4.78 is 19.9. The molecule has 1 saturated carbocycles. The second-order valence-electron chi connectivity index (χ2n) is 14.2. The van der Waals surface area contributed by atoms with Crippen molar-refractivity contribution in [1.29, 1.82) is 0 Å². The van der Waals surface area contributed by atoms with Crippen LogP contribution in [0.5, 0.6) is 11.5 Å². The monoisotopic (exact) mass is 761 g/mol. The number of phenols is 1. The molecule has 54 heavy (non-hydrogen) atoms. The zero-order valence-corrected chi connectivity index (χ0v) is 30.1. The molecule has 4 aliphatic rings. The van der Waals surface area contributed by atoms with E-state index in [1.807, 2.05) is 0 Å². The van der Waals surface area contributed by atoms with E-state index < -0.39 is 85.7 Å². The van der Waals surface area contributed by atoms with E-state index in [1.54, 1.807) is 32.1 Å². The van der Waals surface area contributed by atoms with Gasteiger partial charge < -0.3 is 14.7 Å². The van der Waals surface area contributed by atoms with Crippen molar-refractivity contribution in [1.82, 2.24) is 0 Å². The number of phenolic OH excluding ortho intramolecular Hbond substituents is 1. The van der Waals surface area contributed by atoms with Crippen LogP contribution in [0.25, 0.3) is 0 Å². The number of hydrogen-bond donors (Lipinski definition) is 1. The minimum atomic E-state index is -1.48. The Balaban J connectivity index is 1.37. The highest BCUT2D eigenvalue weighted by Crippen LogP contribution is 2.64. The number of nitro benzene ring substituents is 2. The summed E-state index contributed by atoms with van der Waals surface area (Å²) >= 11 is 6.07. The molecule has 17 heteroatoms. The van der Waals surface area contributed by atoms with Crippen LogP contribution in [-0.4, -0.2) is 59.3 Å². The predicted molar refractivity (Wildman–Crippen MR) is 192 cm³/mol. The number of halogens is 2. The van der Waals surface area contributed by atoms with Crippen molar-refractivity contribution in [2.24, 2.45) is 29.1 Å². The minimum Gasteiger partial charge on any atom is -0.504 e. The number of rotatable bonds is 8. The van der Waals surface area contributed by atoms with Gasteiger partial charge in [-0.25, -0.2) is 14.2 Å². The third kappa shape index (κ3) is 5.21. The number of amides is 4. The molecule has 1 N–H and O–H groups in total. The maximum Gasteiger partial charge on any atom is 0.301 e. The number of nitrogens with zero attached hydrogens (tertiary/aromatic N) is 5. The molecule has 3 aromatic rings. The number of aromatic hydroxyl groups is 1. The number of hydrogen-bond acceptors (Lipinski definition) is 11. The molecule has 280 valence electrons. The van der Waals surface area contributed by atoms with Crippen LogP contribution in [-0.2, 0) is 19.2 Å². The van der Waals surface area contributed by atoms with Crippen molar-refractivity contribution in [3.05, 3.63) is 96.8 Å². The zero-order valence-electron chi connectivity index (χ0n) is 29.3. The van der Waals surface area contributed by atoms with Crippen molar-refractivity contribution in [3.63, 3.8) is 0 Å². The first-order valence-electron chi connectivity index (χ1n) is 17.0. The van der Waals surface area contributed by atoms with Gasteiger partial charge in [0.2, 0.25) is 23.6 Å². The van der Waals surface area contributed by atoms with Gasteiger partial charge in [0.05, 0.1) is 56.0 Å². The van der Waals surface area contributed by atoms with Crippen LogP contribution in [0.1, 0.15) is 38.2 Å². The van der Waals surface area contributed by atoms with Gasteiger partial charge in [0.15, 0.2) is 17.2 Å². The predicted octanol–water partition coefficient (Wildman–Crippen LogP) is 5.90. The summed E-state index contributed by atoms with van der Waals surface area (Å²) in [7, 11) is 2.78. The van der Waals surface area contributed by atoms with Crippen LogP contribution >= 0.6 is 11.6 Å². The van der Waals surface area contributed by atoms with Gasteiger partial charge in [-0.1, -0.05) is 29.3 Å². The van der Waals surface area contributed by atoms with E-state index in [2.05, 4.69) is 0 Å². The summed E-state index contributed by atoms with van der Waals surface area (Å²) in [6.07, 6.45) is 1.73. The first-order chi connectivity index (χ1) is 25.5. The van der Waals surface area contributed by atoms with E-state index in [0.717, 1.165) is 28.0 Å². The number of benzene rings is 3. The molecule has 0 bridgehead atoms. The van der Waals surface area contributed by atoms with Crippen LogP contribution in [0.3, 0.4) is 0 Å². The fourth-order valence-electron chi connectivity index (χ4n) is 8.96. The van der Waals surface area contributed by atoms with Gasteiger partial charge in [0.1, 0.15) is 5.82 Å². The second kappa shape index (κ2) is 12.9. The first-order valence-corrected chi connectivity index (χ1v) is 17.4. The average Bonchev–Trinajstić information content (AvgIpc) is 3.49. The molecule has 3 aromatic carbocycles. The Morgan fingerprint density at radius 1 is 0.944 bits per heavy atom. The van der Waals surface area contributed by atoms with Crippen molar-refractivity contribution in [2.45, 2.75) is 32.6 Å². The summed E-state index contributed by atoms with van der Waals surface area (Å²) in [6.45, 7) is 3.56. The molecule has 2 heterocycles. The van der Waals surface area contributed by atoms with Crippen LogP contribution in [0.15, 0.2) is 60.2 Å².